The van der Waals surface area contributed by atoms with Gasteiger partial charge in [-0.3, -0.25) is 19.2 Å². The lowest BCUT2D eigenvalue weighted by atomic mass is 9.84. The van der Waals surface area contributed by atoms with Crippen LogP contribution in [0.5, 0.6) is 0 Å². The fraction of sp³-hybridized carbons (Fsp3) is 0.684. The molecule has 5 amide bonds. The van der Waals surface area contributed by atoms with Crippen LogP contribution in [0, 0.1) is 10.8 Å². The molecular formula is C38H60N6O7. The highest BCUT2D eigenvalue weighted by atomic mass is 16.6. The van der Waals surface area contributed by atoms with Crippen molar-refractivity contribution in [1.29, 1.82) is 0 Å². The van der Waals surface area contributed by atoms with Crippen molar-refractivity contribution in [2.24, 2.45) is 10.8 Å². The zero-order valence-electron chi connectivity index (χ0n) is 32.6. The van der Waals surface area contributed by atoms with Crippen molar-refractivity contribution in [2.75, 3.05) is 33.7 Å². The molecule has 0 bridgehead atoms. The molecule has 5 atom stereocenters. The van der Waals surface area contributed by atoms with E-state index in [4.69, 9.17) is 4.74 Å². The molecule has 2 heterocycles. The Labute approximate surface area is 303 Å². The molecule has 284 valence electrons. The van der Waals surface area contributed by atoms with E-state index in [2.05, 4.69) is 28.1 Å². The first kappa shape index (κ1) is 41.4. The van der Waals surface area contributed by atoms with Crippen LogP contribution in [0.3, 0.4) is 0 Å². The first-order chi connectivity index (χ1) is 23.5. The molecule has 3 N–H and O–H groups in total. The third-order valence-electron chi connectivity index (χ3n) is 9.42. The minimum Gasteiger partial charge on any atom is -0.444 e. The minimum atomic E-state index is -0.952. The highest BCUT2D eigenvalue weighted by Gasteiger charge is 2.43. The number of amides is 5. The number of likely N-dealkylation sites (N-methyl/N-ethyl adjacent to an activating group) is 2. The molecule has 13 heteroatoms. The molecule has 0 aromatic heterocycles. The Morgan fingerprint density at radius 3 is 2.00 bits per heavy atom. The predicted molar refractivity (Wildman–Crippen MR) is 195 cm³/mol. The molecule has 2 unspecified atom stereocenters. The van der Waals surface area contributed by atoms with E-state index in [1.165, 1.54) is 7.05 Å². The number of rotatable bonds is 10. The lowest BCUT2D eigenvalue weighted by molar-refractivity contribution is -0.142. The molecule has 2 aliphatic heterocycles. The fourth-order valence-corrected chi connectivity index (χ4v) is 6.63. The molecule has 3 rings (SSSR count). The first-order valence-corrected chi connectivity index (χ1v) is 17.8. The maximum Gasteiger partial charge on any atom is 0.410 e. The zero-order chi connectivity index (χ0) is 38.6. The molecule has 13 nitrogen and oxygen atoms in total. The van der Waals surface area contributed by atoms with Gasteiger partial charge in [0, 0.05) is 32.1 Å². The fourth-order valence-electron chi connectivity index (χ4n) is 6.63. The van der Waals surface area contributed by atoms with E-state index in [9.17, 15) is 28.8 Å². The third-order valence-corrected chi connectivity index (χ3v) is 9.42. The Bertz CT molecular complexity index is 1470. The van der Waals surface area contributed by atoms with E-state index < -0.39 is 46.6 Å². The third kappa shape index (κ3) is 10.8. The summed E-state index contributed by atoms with van der Waals surface area (Å²) < 4.78 is 5.34. The van der Waals surface area contributed by atoms with Gasteiger partial charge >= 0.3 is 6.09 Å². The number of hydrogen-bond donors (Lipinski definition) is 3. The number of fused-ring (bicyclic) bond motifs is 1. The lowest BCUT2D eigenvalue weighted by Gasteiger charge is -2.40. The SMILES string of the molecule is CNCC(=O)NC(C(=O)N1Cc2cc([C@H]3C[C@@H](C=O)N(C(=O)[C@@H](NC(=O)CN(C)C(=O)OC(C)(C)C)C(C)(C)C)C3)ccc2CC1C)C(C)(C)C. The van der Waals surface area contributed by atoms with Gasteiger partial charge in [-0.25, -0.2) is 4.79 Å². The van der Waals surface area contributed by atoms with Gasteiger partial charge in [0.2, 0.25) is 23.6 Å². The lowest BCUT2D eigenvalue weighted by Crippen LogP contribution is -2.58. The van der Waals surface area contributed by atoms with E-state index in [1.807, 2.05) is 59.4 Å². The average Bonchev–Trinajstić information content (AvgIpc) is 3.44. The largest absolute Gasteiger partial charge is 0.444 e. The normalized spacial score (nSPS) is 20.5. The maximum atomic E-state index is 14.1. The van der Waals surface area contributed by atoms with E-state index in [1.54, 1.807) is 32.7 Å². The average molecular weight is 713 g/mol. The van der Waals surface area contributed by atoms with Crippen molar-refractivity contribution in [3.05, 3.63) is 34.9 Å². The second-order valence-electron chi connectivity index (χ2n) is 17.3. The summed E-state index contributed by atoms with van der Waals surface area (Å²) in [7, 11) is 3.14. The Hall–Kier alpha value is -4.00. The van der Waals surface area contributed by atoms with Crippen molar-refractivity contribution < 1.29 is 33.5 Å². The Morgan fingerprint density at radius 1 is 0.902 bits per heavy atom. The zero-order valence-corrected chi connectivity index (χ0v) is 32.6. The van der Waals surface area contributed by atoms with Crippen molar-refractivity contribution in [3.63, 3.8) is 0 Å². The summed E-state index contributed by atoms with van der Waals surface area (Å²) in [6.07, 6.45) is 1.20. The van der Waals surface area contributed by atoms with Crippen LogP contribution >= 0.6 is 0 Å². The molecule has 1 saturated heterocycles. The van der Waals surface area contributed by atoms with E-state index in [-0.39, 0.29) is 49.3 Å². The summed E-state index contributed by atoms with van der Waals surface area (Å²) in [5.74, 6) is -1.41. The van der Waals surface area contributed by atoms with E-state index in [0.29, 0.717) is 19.4 Å². The quantitative estimate of drug-likeness (QED) is 0.313. The molecule has 0 spiro atoms. The van der Waals surface area contributed by atoms with Crippen LogP contribution in [0.4, 0.5) is 4.79 Å². The minimum absolute atomic E-state index is 0.0746. The van der Waals surface area contributed by atoms with Gasteiger partial charge in [-0.15, -0.1) is 0 Å². The Kier molecular flexibility index (Phi) is 13.1. The summed E-state index contributed by atoms with van der Waals surface area (Å²) in [6, 6.07) is 3.76. The van der Waals surface area contributed by atoms with Crippen LogP contribution in [0.1, 0.15) is 98.3 Å². The summed E-state index contributed by atoms with van der Waals surface area (Å²) in [5, 5.41) is 8.57. The number of likely N-dealkylation sites (tertiary alicyclic amines) is 1. The van der Waals surface area contributed by atoms with Crippen molar-refractivity contribution in [2.45, 2.75) is 124 Å². The van der Waals surface area contributed by atoms with Gasteiger partial charge in [0.15, 0.2) is 0 Å². The number of nitrogens with zero attached hydrogens (tertiary/aromatic N) is 3. The molecule has 1 aromatic rings. The Morgan fingerprint density at radius 2 is 1.47 bits per heavy atom. The highest BCUT2D eigenvalue weighted by molar-refractivity contribution is 5.92. The number of hydrogen-bond acceptors (Lipinski definition) is 8. The number of nitrogens with one attached hydrogen (secondary N) is 3. The second kappa shape index (κ2) is 16.1. The van der Waals surface area contributed by atoms with Crippen LogP contribution < -0.4 is 16.0 Å². The summed E-state index contributed by atoms with van der Waals surface area (Å²) in [5.41, 5.74) is 1.16. The van der Waals surface area contributed by atoms with Gasteiger partial charge in [-0.05, 0) is 75.1 Å². The van der Waals surface area contributed by atoms with Crippen LogP contribution in [-0.2, 0) is 41.7 Å². The summed E-state index contributed by atoms with van der Waals surface area (Å²) >= 11 is 0. The van der Waals surface area contributed by atoms with Crippen molar-refractivity contribution >= 4 is 36.0 Å². The smallest absolute Gasteiger partial charge is 0.410 e. The van der Waals surface area contributed by atoms with Crippen LogP contribution in [0.2, 0.25) is 0 Å². The molecule has 0 aliphatic carbocycles. The van der Waals surface area contributed by atoms with Gasteiger partial charge in [-0.2, -0.15) is 0 Å². The summed E-state index contributed by atoms with van der Waals surface area (Å²) in [4.78, 5) is 83.0. The molecule has 1 aromatic carbocycles. The predicted octanol–water partition coefficient (Wildman–Crippen LogP) is 2.99. The molecule has 51 heavy (non-hydrogen) atoms. The Balaban J connectivity index is 1.80. The second-order valence-corrected chi connectivity index (χ2v) is 17.3. The topological polar surface area (TPSA) is 157 Å². The van der Waals surface area contributed by atoms with Gasteiger partial charge in [0.1, 0.15) is 30.5 Å². The van der Waals surface area contributed by atoms with Gasteiger partial charge < -0.3 is 40.2 Å². The number of aldehydes is 1. The molecular weight excluding hydrogens is 652 g/mol. The van der Waals surface area contributed by atoms with Crippen LogP contribution in [-0.4, -0.2) is 114 Å². The van der Waals surface area contributed by atoms with Crippen molar-refractivity contribution in [3.8, 4) is 0 Å². The van der Waals surface area contributed by atoms with Gasteiger partial charge in [0.25, 0.3) is 0 Å². The maximum absolute atomic E-state index is 14.1. The monoisotopic (exact) mass is 712 g/mol. The van der Waals surface area contributed by atoms with E-state index in [0.717, 1.165) is 27.9 Å². The number of ether oxygens (including phenoxy) is 1. The number of benzene rings is 1. The van der Waals surface area contributed by atoms with Gasteiger partial charge in [-0.1, -0.05) is 59.7 Å². The molecule has 0 saturated carbocycles. The molecule has 2 aliphatic rings. The highest BCUT2D eigenvalue weighted by Crippen LogP contribution is 2.36. The van der Waals surface area contributed by atoms with Crippen molar-refractivity contribution in [1.82, 2.24) is 30.7 Å². The molecule has 1 fully saturated rings. The standard InChI is InChI=1S/C38H60N6O7/c1-23-15-24-13-14-25(16-26(24)19-43(23)33(48)31(36(2,3)4)40-29(46)18-39-11)27-17-28(22-45)44(20-27)34(49)32(37(5,6)7)41-30(47)21-42(12)35(50)51-38(8,9)10/h13-14,16,22-23,27-28,31-32,39H,15,17-21H2,1-12H3,(H,40,46)(H,41,47)/t23?,27-,28-,31?,32+/m0/s1. The van der Waals surface area contributed by atoms with Gasteiger partial charge in [0.05, 0.1) is 12.6 Å². The molecule has 0 radical (unpaired) electrons. The van der Waals surface area contributed by atoms with Crippen LogP contribution in [0.25, 0.3) is 0 Å². The summed E-state index contributed by atoms with van der Waals surface area (Å²) in [6.45, 7) is 19.0. The van der Waals surface area contributed by atoms with Crippen LogP contribution in [0.15, 0.2) is 18.2 Å². The number of carbonyl (C=O) groups is 6. The van der Waals surface area contributed by atoms with E-state index >= 15 is 0 Å². The number of carbonyl (C=O) groups excluding carboxylic acids is 6. The first-order valence-electron chi connectivity index (χ1n) is 17.8.